The third-order valence-corrected chi connectivity index (χ3v) is 3.50. The lowest BCUT2D eigenvalue weighted by Gasteiger charge is -2.05. The predicted octanol–water partition coefficient (Wildman–Crippen LogP) is 4.04. The average Bonchev–Trinajstić information content (AvgIpc) is 2.95. The van der Waals surface area contributed by atoms with Crippen LogP contribution in [0.1, 0.15) is 19.7 Å². The highest BCUT2D eigenvalue weighted by molar-refractivity contribution is 5.95. The summed E-state index contributed by atoms with van der Waals surface area (Å²) < 4.78 is 5.91. The maximum atomic E-state index is 5.91. The van der Waals surface area contributed by atoms with Crippen LogP contribution in [0.5, 0.6) is 0 Å². The van der Waals surface area contributed by atoms with E-state index >= 15 is 0 Å². The second-order valence-corrected chi connectivity index (χ2v) is 5.50. The van der Waals surface area contributed by atoms with Crippen LogP contribution >= 0.6 is 0 Å². The first-order valence-electron chi connectivity index (χ1n) is 7.40. The van der Waals surface area contributed by atoms with Crippen LogP contribution in [0, 0.1) is 0 Å². The summed E-state index contributed by atoms with van der Waals surface area (Å²) in [6.45, 7) is 5.15. The minimum Gasteiger partial charge on any atom is -0.441 e. The van der Waals surface area contributed by atoms with Crippen molar-refractivity contribution in [3.8, 4) is 11.3 Å². The molecule has 0 saturated heterocycles. The van der Waals surface area contributed by atoms with Gasteiger partial charge < -0.3 is 9.73 Å². The minimum atomic E-state index is 0.484. The molecule has 0 aliphatic carbocycles. The fourth-order valence-electron chi connectivity index (χ4n) is 2.46. The van der Waals surface area contributed by atoms with Gasteiger partial charge in [-0.05, 0) is 10.8 Å². The second kappa shape index (κ2) is 6.10. The molecule has 2 aromatic carbocycles. The van der Waals surface area contributed by atoms with Gasteiger partial charge in [0.1, 0.15) is 0 Å². The Hall–Kier alpha value is -2.13. The van der Waals surface area contributed by atoms with Crippen molar-refractivity contribution in [2.75, 3.05) is 6.54 Å². The van der Waals surface area contributed by atoms with Crippen LogP contribution in [0.25, 0.3) is 22.1 Å². The molecule has 0 atom stereocenters. The van der Waals surface area contributed by atoms with E-state index in [2.05, 4.69) is 66.6 Å². The summed E-state index contributed by atoms with van der Waals surface area (Å²) >= 11 is 0. The molecule has 0 saturated carbocycles. The molecule has 21 heavy (non-hydrogen) atoms. The molecule has 0 bridgehead atoms. The highest BCUT2D eigenvalue weighted by Crippen LogP contribution is 2.28. The number of hydrogen-bond donors (Lipinski definition) is 1. The number of aromatic nitrogens is 1. The Morgan fingerprint density at radius 2 is 1.90 bits per heavy atom. The van der Waals surface area contributed by atoms with Crippen LogP contribution in [0.3, 0.4) is 0 Å². The molecule has 3 aromatic rings. The molecule has 0 radical (unpaired) electrons. The van der Waals surface area contributed by atoms with Gasteiger partial charge >= 0.3 is 0 Å². The zero-order valence-corrected chi connectivity index (χ0v) is 12.5. The third-order valence-electron chi connectivity index (χ3n) is 3.50. The molecule has 108 valence electrons. The van der Waals surface area contributed by atoms with Crippen molar-refractivity contribution in [2.45, 2.75) is 26.3 Å². The standard InChI is InChI=1S/C18H20N2O/c1-13(2)19-11-10-18-20-12-17(21-18)16-9-5-7-14-6-3-4-8-15(14)16/h3-9,12-13,19H,10-11H2,1-2H3. The first kappa shape index (κ1) is 13.8. The van der Waals surface area contributed by atoms with E-state index in [4.69, 9.17) is 4.42 Å². The van der Waals surface area contributed by atoms with Gasteiger partial charge in [-0.2, -0.15) is 0 Å². The molecule has 0 amide bonds. The Kier molecular flexibility index (Phi) is 4.02. The third kappa shape index (κ3) is 3.14. The number of nitrogens with zero attached hydrogens (tertiary/aromatic N) is 1. The maximum absolute atomic E-state index is 5.91. The van der Waals surface area contributed by atoms with E-state index in [9.17, 15) is 0 Å². The molecular formula is C18H20N2O. The first-order chi connectivity index (χ1) is 10.2. The van der Waals surface area contributed by atoms with Gasteiger partial charge in [-0.25, -0.2) is 4.98 Å². The molecule has 0 aliphatic rings. The highest BCUT2D eigenvalue weighted by atomic mass is 16.4. The number of rotatable bonds is 5. The van der Waals surface area contributed by atoms with Crippen LogP contribution in [-0.2, 0) is 6.42 Å². The van der Waals surface area contributed by atoms with Crippen molar-refractivity contribution in [1.29, 1.82) is 0 Å². The summed E-state index contributed by atoms with van der Waals surface area (Å²) in [6.07, 6.45) is 2.63. The largest absolute Gasteiger partial charge is 0.441 e. The fourth-order valence-corrected chi connectivity index (χ4v) is 2.46. The molecule has 1 N–H and O–H groups in total. The van der Waals surface area contributed by atoms with Crippen molar-refractivity contribution in [3.05, 3.63) is 54.6 Å². The van der Waals surface area contributed by atoms with E-state index in [1.165, 1.54) is 10.8 Å². The zero-order valence-electron chi connectivity index (χ0n) is 12.5. The number of oxazole rings is 1. The number of benzene rings is 2. The molecule has 0 unspecified atom stereocenters. The molecular weight excluding hydrogens is 260 g/mol. The summed E-state index contributed by atoms with van der Waals surface area (Å²) in [5.41, 5.74) is 1.10. The molecule has 1 heterocycles. The minimum absolute atomic E-state index is 0.484. The van der Waals surface area contributed by atoms with E-state index in [0.29, 0.717) is 6.04 Å². The van der Waals surface area contributed by atoms with Gasteiger partial charge in [-0.3, -0.25) is 0 Å². The molecule has 3 heteroatoms. The summed E-state index contributed by atoms with van der Waals surface area (Å²) in [7, 11) is 0. The predicted molar refractivity (Wildman–Crippen MR) is 86.3 cm³/mol. The molecule has 1 aromatic heterocycles. The van der Waals surface area contributed by atoms with Crippen molar-refractivity contribution < 1.29 is 4.42 Å². The molecule has 0 fully saturated rings. The van der Waals surface area contributed by atoms with Gasteiger partial charge in [0.2, 0.25) is 0 Å². The van der Waals surface area contributed by atoms with Crippen molar-refractivity contribution >= 4 is 10.8 Å². The van der Waals surface area contributed by atoms with E-state index < -0.39 is 0 Å². The quantitative estimate of drug-likeness (QED) is 0.766. The zero-order chi connectivity index (χ0) is 14.7. The molecule has 0 spiro atoms. The van der Waals surface area contributed by atoms with Gasteiger partial charge in [0.15, 0.2) is 11.7 Å². The van der Waals surface area contributed by atoms with Crippen LogP contribution in [-0.4, -0.2) is 17.6 Å². The smallest absolute Gasteiger partial charge is 0.196 e. The Morgan fingerprint density at radius 1 is 1.10 bits per heavy atom. The van der Waals surface area contributed by atoms with E-state index in [1.807, 2.05) is 6.20 Å². The van der Waals surface area contributed by atoms with Crippen molar-refractivity contribution in [2.24, 2.45) is 0 Å². The molecule has 3 nitrogen and oxygen atoms in total. The summed E-state index contributed by atoms with van der Waals surface area (Å²) in [5.74, 6) is 1.62. The molecule has 0 aliphatic heterocycles. The van der Waals surface area contributed by atoms with E-state index in [1.54, 1.807) is 0 Å². The lowest BCUT2D eigenvalue weighted by Crippen LogP contribution is -2.24. The SMILES string of the molecule is CC(C)NCCc1ncc(-c2cccc3ccccc23)o1. The van der Waals surface area contributed by atoms with Crippen LogP contribution in [0.4, 0.5) is 0 Å². The van der Waals surface area contributed by atoms with Crippen LogP contribution in [0.2, 0.25) is 0 Å². The van der Waals surface area contributed by atoms with E-state index in [-0.39, 0.29) is 0 Å². The van der Waals surface area contributed by atoms with Crippen LogP contribution in [0.15, 0.2) is 53.1 Å². The van der Waals surface area contributed by atoms with Gasteiger partial charge in [-0.1, -0.05) is 56.3 Å². The topological polar surface area (TPSA) is 38.1 Å². The number of hydrogen-bond acceptors (Lipinski definition) is 3. The Labute approximate surface area is 125 Å². The second-order valence-electron chi connectivity index (χ2n) is 5.50. The van der Waals surface area contributed by atoms with Gasteiger partial charge in [0.25, 0.3) is 0 Å². The van der Waals surface area contributed by atoms with E-state index in [0.717, 1.165) is 30.2 Å². The number of fused-ring (bicyclic) bond motifs is 1. The van der Waals surface area contributed by atoms with Gasteiger partial charge in [0, 0.05) is 24.6 Å². The Morgan fingerprint density at radius 3 is 2.76 bits per heavy atom. The van der Waals surface area contributed by atoms with Crippen molar-refractivity contribution in [1.82, 2.24) is 10.3 Å². The monoisotopic (exact) mass is 280 g/mol. The van der Waals surface area contributed by atoms with Crippen LogP contribution < -0.4 is 5.32 Å². The van der Waals surface area contributed by atoms with Crippen molar-refractivity contribution in [3.63, 3.8) is 0 Å². The number of nitrogens with one attached hydrogen (secondary N) is 1. The Bertz CT molecular complexity index is 725. The first-order valence-corrected chi connectivity index (χ1v) is 7.40. The Balaban J connectivity index is 1.85. The fraction of sp³-hybridized carbons (Fsp3) is 0.278. The highest BCUT2D eigenvalue weighted by Gasteiger charge is 2.09. The average molecular weight is 280 g/mol. The summed E-state index contributed by atoms with van der Waals surface area (Å²) in [6, 6.07) is 15.1. The summed E-state index contributed by atoms with van der Waals surface area (Å²) in [4.78, 5) is 4.39. The lowest BCUT2D eigenvalue weighted by atomic mass is 10.0. The normalized spacial score (nSPS) is 11.4. The van der Waals surface area contributed by atoms with Gasteiger partial charge in [0.05, 0.1) is 6.20 Å². The van der Waals surface area contributed by atoms with Gasteiger partial charge in [-0.15, -0.1) is 0 Å². The summed E-state index contributed by atoms with van der Waals surface area (Å²) in [5, 5.41) is 5.79. The maximum Gasteiger partial charge on any atom is 0.196 e. The lowest BCUT2D eigenvalue weighted by molar-refractivity contribution is 0.485. The molecule has 3 rings (SSSR count).